The zero-order chi connectivity index (χ0) is 43.8. The van der Waals surface area contributed by atoms with E-state index in [9.17, 15) is 19.8 Å². The Labute approximate surface area is 372 Å². The number of nitrogens with one attached hydrogen (secondary N) is 1. The molecule has 60 heavy (non-hydrogen) atoms. The maximum Gasteiger partial charge on any atom is 0.306 e. The van der Waals surface area contributed by atoms with Crippen molar-refractivity contribution in [2.45, 2.75) is 277 Å². The van der Waals surface area contributed by atoms with Crippen molar-refractivity contribution in [1.82, 2.24) is 5.32 Å². The Morgan fingerprint density at radius 1 is 0.500 bits per heavy atom. The highest BCUT2D eigenvalue weighted by Gasteiger charge is 2.24. The van der Waals surface area contributed by atoms with Crippen LogP contribution >= 0.6 is 0 Å². The van der Waals surface area contributed by atoms with E-state index in [2.05, 4.69) is 74.7 Å². The molecule has 0 bridgehead atoms. The number of ether oxygens (including phenoxy) is 1. The van der Waals surface area contributed by atoms with Crippen LogP contribution in [0, 0.1) is 0 Å². The zero-order valence-corrected chi connectivity index (χ0v) is 39.8. The van der Waals surface area contributed by atoms with E-state index in [-0.39, 0.29) is 24.9 Å². The Morgan fingerprint density at radius 2 is 0.900 bits per heavy atom. The average Bonchev–Trinajstić information content (AvgIpc) is 3.24. The third-order valence-corrected chi connectivity index (χ3v) is 11.7. The van der Waals surface area contributed by atoms with Gasteiger partial charge in [-0.05, 0) is 57.8 Å². The summed E-state index contributed by atoms with van der Waals surface area (Å²) in [5.74, 6) is -0.522. The van der Waals surface area contributed by atoms with Gasteiger partial charge in [0, 0.05) is 6.42 Å². The van der Waals surface area contributed by atoms with E-state index in [1.807, 2.05) is 0 Å². The van der Waals surface area contributed by atoms with E-state index < -0.39 is 18.2 Å². The average molecular weight is 842 g/mol. The van der Waals surface area contributed by atoms with E-state index in [0.29, 0.717) is 19.3 Å². The highest BCUT2D eigenvalue weighted by Crippen LogP contribution is 2.17. The van der Waals surface area contributed by atoms with Gasteiger partial charge in [0.25, 0.3) is 0 Å². The summed E-state index contributed by atoms with van der Waals surface area (Å²) in [6.45, 7) is 6.34. The van der Waals surface area contributed by atoms with Crippen LogP contribution in [-0.2, 0) is 14.3 Å². The first kappa shape index (κ1) is 57.8. The topological polar surface area (TPSA) is 95.9 Å². The van der Waals surface area contributed by atoms with E-state index in [1.165, 1.54) is 135 Å². The summed E-state index contributed by atoms with van der Waals surface area (Å²) in [6.07, 6.45) is 57.6. The number of aliphatic hydroxyl groups is 2. The third-order valence-electron chi connectivity index (χ3n) is 11.7. The normalized spacial score (nSPS) is 13.6. The lowest BCUT2D eigenvalue weighted by Gasteiger charge is -2.24. The van der Waals surface area contributed by atoms with Crippen molar-refractivity contribution in [2.75, 3.05) is 6.61 Å². The number of allylic oxidation sites excluding steroid dienone is 8. The summed E-state index contributed by atoms with van der Waals surface area (Å²) in [5.41, 5.74) is 0. The second-order valence-corrected chi connectivity index (χ2v) is 17.5. The summed E-state index contributed by atoms with van der Waals surface area (Å²) in [7, 11) is 0. The number of hydrogen-bond acceptors (Lipinski definition) is 5. The molecule has 3 unspecified atom stereocenters. The van der Waals surface area contributed by atoms with Crippen molar-refractivity contribution in [1.29, 1.82) is 0 Å². The zero-order valence-electron chi connectivity index (χ0n) is 39.8. The number of rotatable bonds is 46. The molecule has 0 aliphatic rings. The summed E-state index contributed by atoms with van der Waals surface area (Å²) < 4.78 is 5.91. The van der Waals surface area contributed by atoms with Gasteiger partial charge in [-0.2, -0.15) is 0 Å². The molecule has 350 valence electrons. The van der Waals surface area contributed by atoms with Gasteiger partial charge in [0.1, 0.15) is 6.10 Å². The molecule has 0 aromatic rings. The summed E-state index contributed by atoms with van der Waals surface area (Å²) >= 11 is 0. The van der Waals surface area contributed by atoms with Gasteiger partial charge in [0.05, 0.1) is 25.2 Å². The highest BCUT2D eigenvalue weighted by molar-refractivity contribution is 5.77. The fourth-order valence-corrected chi connectivity index (χ4v) is 7.78. The Morgan fingerprint density at radius 3 is 1.33 bits per heavy atom. The number of esters is 1. The molecule has 0 rings (SSSR count). The smallest absolute Gasteiger partial charge is 0.306 e. The van der Waals surface area contributed by atoms with E-state index >= 15 is 0 Å². The first-order chi connectivity index (χ1) is 29.5. The van der Waals surface area contributed by atoms with Gasteiger partial charge in [-0.3, -0.25) is 9.59 Å². The van der Waals surface area contributed by atoms with Crippen molar-refractivity contribution in [3.8, 4) is 0 Å². The molecule has 0 heterocycles. The molecule has 3 N–H and O–H groups in total. The molecule has 0 aliphatic heterocycles. The Hall–Kier alpha value is -2.18. The first-order valence-electron chi connectivity index (χ1n) is 25.9. The first-order valence-corrected chi connectivity index (χ1v) is 25.9. The SMILES string of the molecule is CC/C=C/C/C=C/C/C=C/C/C=C/CCCC(CC(=O)NC(CO)C(O)CCCCCCCCCCC)OC(=O)CCCCCCCCCCCCCCCCCCCC. The third kappa shape index (κ3) is 42.5. The number of unbranched alkanes of at least 4 members (excludes halogenated alkanes) is 26. The van der Waals surface area contributed by atoms with Crippen LogP contribution in [0.25, 0.3) is 0 Å². The largest absolute Gasteiger partial charge is 0.462 e. The van der Waals surface area contributed by atoms with E-state index in [1.54, 1.807) is 0 Å². The molecule has 0 saturated carbocycles. The molecule has 0 saturated heterocycles. The van der Waals surface area contributed by atoms with Crippen molar-refractivity contribution in [3.63, 3.8) is 0 Å². The predicted octanol–water partition coefficient (Wildman–Crippen LogP) is 15.5. The number of carbonyl (C=O) groups is 2. The van der Waals surface area contributed by atoms with Crippen LogP contribution in [0.2, 0.25) is 0 Å². The van der Waals surface area contributed by atoms with Crippen molar-refractivity contribution >= 4 is 11.9 Å². The van der Waals surface area contributed by atoms with Crippen LogP contribution in [-0.4, -0.2) is 46.9 Å². The maximum absolute atomic E-state index is 13.2. The van der Waals surface area contributed by atoms with Crippen LogP contribution < -0.4 is 5.32 Å². The van der Waals surface area contributed by atoms with Gasteiger partial charge in [0.15, 0.2) is 0 Å². The van der Waals surface area contributed by atoms with Crippen LogP contribution in [0.3, 0.4) is 0 Å². The fraction of sp³-hybridized carbons (Fsp3) is 0.815. The van der Waals surface area contributed by atoms with Crippen molar-refractivity contribution in [3.05, 3.63) is 48.6 Å². The van der Waals surface area contributed by atoms with Crippen LogP contribution in [0.15, 0.2) is 48.6 Å². The maximum atomic E-state index is 13.2. The minimum absolute atomic E-state index is 0.0420. The van der Waals surface area contributed by atoms with Crippen LogP contribution in [0.5, 0.6) is 0 Å². The quantitative estimate of drug-likeness (QED) is 0.0322. The Balaban J connectivity index is 4.58. The van der Waals surface area contributed by atoms with Crippen LogP contribution in [0.1, 0.15) is 258 Å². The molecule has 6 heteroatoms. The lowest BCUT2D eigenvalue weighted by molar-refractivity contribution is -0.151. The van der Waals surface area contributed by atoms with Crippen molar-refractivity contribution < 1.29 is 24.5 Å². The van der Waals surface area contributed by atoms with E-state index in [4.69, 9.17) is 4.74 Å². The fourth-order valence-electron chi connectivity index (χ4n) is 7.78. The van der Waals surface area contributed by atoms with Gasteiger partial charge in [-0.15, -0.1) is 0 Å². The molecule has 6 nitrogen and oxygen atoms in total. The molecule has 0 aromatic carbocycles. The van der Waals surface area contributed by atoms with Crippen LogP contribution in [0.4, 0.5) is 0 Å². The molecule has 0 spiro atoms. The molecular weight excluding hydrogens is 743 g/mol. The Bertz CT molecular complexity index is 1040. The van der Waals surface area contributed by atoms with Gasteiger partial charge in [0.2, 0.25) is 5.91 Å². The monoisotopic (exact) mass is 842 g/mol. The van der Waals surface area contributed by atoms with Gasteiger partial charge < -0.3 is 20.3 Å². The molecule has 0 radical (unpaired) electrons. The van der Waals surface area contributed by atoms with Gasteiger partial charge >= 0.3 is 5.97 Å². The summed E-state index contributed by atoms with van der Waals surface area (Å²) in [4.78, 5) is 26.1. The number of aliphatic hydroxyl groups excluding tert-OH is 2. The minimum Gasteiger partial charge on any atom is -0.462 e. The molecule has 0 aromatic heterocycles. The summed E-state index contributed by atoms with van der Waals surface area (Å²) in [5, 5.41) is 23.6. The highest BCUT2D eigenvalue weighted by atomic mass is 16.5. The second kappa shape index (κ2) is 47.9. The lowest BCUT2D eigenvalue weighted by atomic mass is 10.0. The van der Waals surface area contributed by atoms with Gasteiger partial charge in [-0.1, -0.05) is 236 Å². The predicted molar refractivity (Wildman–Crippen MR) is 259 cm³/mol. The Kier molecular flexibility index (Phi) is 46.1. The standard InChI is InChI=1S/C54H99NO5/c1-4-7-10-13-16-19-21-23-25-26-27-28-30-32-35-38-41-44-47-54(59)60-50(45-42-39-36-34-31-29-24-22-20-17-14-11-8-5-2)48-53(58)55-51(49-56)52(57)46-43-40-37-33-18-15-12-9-6-3/h8,11,17,20,24,29,34,36,50-52,56-57H,4-7,9-10,12-16,18-19,21-23,25-28,30-33,35,37-49H2,1-3H3,(H,55,58)/b11-8+,20-17+,29-24+,36-34+. The van der Waals surface area contributed by atoms with Gasteiger partial charge in [-0.25, -0.2) is 0 Å². The second-order valence-electron chi connectivity index (χ2n) is 17.5. The summed E-state index contributed by atoms with van der Waals surface area (Å²) in [6, 6.07) is -0.716. The lowest BCUT2D eigenvalue weighted by Crippen LogP contribution is -2.46. The molecule has 3 atom stereocenters. The molecule has 0 aliphatic carbocycles. The minimum atomic E-state index is -0.799. The molecule has 0 fully saturated rings. The number of amides is 1. The number of carbonyl (C=O) groups excluding carboxylic acids is 2. The number of hydrogen-bond donors (Lipinski definition) is 3. The van der Waals surface area contributed by atoms with Crippen molar-refractivity contribution in [2.24, 2.45) is 0 Å². The molecular formula is C54H99NO5. The van der Waals surface area contributed by atoms with E-state index in [0.717, 1.165) is 77.0 Å². The molecule has 1 amide bonds.